The van der Waals surface area contributed by atoms with Crippen molar-refractivity contribution in [2.75, 3.05) is 6.54 Å². The molecule has 0 N–H and O–H groups in total. The van der Waals surface area contributed by atoms with Crippen LogP contribution in [0.1, 0.15) is 0 Å². The van der Waals surface area contributed by atoms with Gasteiger partial charge in [0.1, 0.15) is 6.26 Å². The molecule has 2 heterocycles. The molecule has 2 aliphatic rings. The predicted molar refractivity (Wildman–Crippen MR) is 33.5 cm³/mol. The molecule has 46 valence electrons. The maximum Gasteiger partial charge on any atom is 0.166 e. The van der Waals surface area contributed by atoms with Gasteiger partial charge in [-0.1, -0.05) is 0 Å². The third kappa shape index (κ3) is 0.614. The Kier molecular flexibility index (Phi) is 0.828. The van der Waals surface area contributed by atoms with Crippen LogP contribution in [0.5, 0.6) is 0 Å². The van der Waals surface area contributed by atoms with Crippen LogP contribution >= 0.6 is 0 Å². The lowest BCUT2D eigenvalue weighted by Gasteiger charge is -2.16. The molecule has 0 aromatic heterocycles. The Balaban J connectivity index is 2.31. The van der Waals surface area contributed by atoms with Gasteiger partial charge in [-0.05, 0) is 6.08 Å². The van der Waals surface area contributed by atoms with Gasteiger partial charge in [0.2, 0.25) is 0 Å². The van der Waals surface area contributed by atoms with Gasteiger partial charge in [-0.2, -0.15) is 5.06 Å². The fourth-order valence-corrected chi connectivity index (χ4v) is 0.818. The van der Waals surface area contributed by atoms with Crippen molar-refractivity contribution in [1.29, 1.82) is 0 Å². The highest BCUT2D eigenvalue weighted by molar-refractivity contribution is 5.94. The second kappa shape index (κ2) is 1.62. The van der Waals surface area contributed by atoms with Crippen molar-refractivity contribution in [1.82, 2.24) is 5.06 Å². The number of hydrogen-bond donors (Lipinski definition) is 0. The quantitative estimate of drug-likeness (QED) is 0.471. The maximum atomic E-state index is 5.03. The largest absolute Gasteiger partial charge is 0.385 e. The first-order valence-electron chi connectivity index (χ1n) is 2.80. The molecule has 0 aromatic carbocycles. The van der Waals surface area contributed by atoms with Crippen LogP contribution in [0.25, 0.3) is 0 Å². The van der Waals surface area contributed by atoms with Gasteiger partial charge in [0.05, 0.1) is 6.54 Å². The van der Waals surface area contributed by atoms with Crippen LogP contribution in [0.3, 0.4) is 0 Å². The molecule has 2 rings (SSSR count). The number of aliphatic imine (C=N–C) groups is 1. The van der Waals surface area contributed by atoms with Crippen molar-refractivity contribution in [3.05, 3.63) is 24.6 Å². The van der Waals surface area contributed by atoms with E-state index in [1.165, 1.54) is 0 Å². The lowest BCUT2D eigenvalue weighted by atomic mass is 10.4. The van der Waals surface area contributed by atoms with Gasteiger partial charge in [0.25, 0.3) is 0 Å². The van der Waals surface area contributed by atoms with E-state index in [2.05, 4.69) is 4.99 Å². The molecule has 9 heavy (non-hydrogen) atoms. The number of rotatable bonds is 0. The van der Waals surface area contributed by atoms with Crippen molar-refractivity contribution in [3.8, 4) is 0 Å². The van der Waals surface area contributed by atoms with E-state index >= 15 is 0 Å². The minimum atomic E-state index is 0.797. The molecule has 0 saturated carbocycles. The Morgan fingerprint density at radius 1 is 1.67 bits per heavy atom. The Morgan fingerprint density at radius 2 is 2.67 bits per heavy atom. The first-order chi connectivity index (χ1) is 4.47. The van der Waals surface area contributed by atoms with E-state index in [-0.39, 0.29) is 0 Å². The highest BCUT2D eigenvalue weighted by atomic mass is 16.7. The summed E-state index contributed by atoms with van der Waals surface area (Å²) in [5.74, 6) is 0.887. The van der Waals surface area contributed by atoms with Crippen molar-refractivity contribution in [3.63, 3.8) is 0 Å². The summed E-state index contributed by atoms with van der Waals surface area (Å²) in [5, 5.41) is 1.72. The zero-order valence-electron chi connectivity index (χ0n) is 4.82. The molecule has 0 unspecified atom stereocenters. The standard InChI is InChI=1S/C6H6N2O/c1-3-7-6-2-5-9-8(6)4-1/h1-3,5H,4H2. The Morgan fingerprint density at radius 3 is 3.56 bits per heavy atom. The van der Waals surface area contributed by atoms with Crippen molar-refractivity contribution >= 4 is 5.84 Å². The lowest BCUT2D eigenvalue weighted by Crippen LogP contribution is -2.25. The smallest absolute Gasteiger partial charge is 0.166 e. The Bertz CT molecular complexity index is 205. The molecule has 0 saturated heterocycles. The first-order valence-corrected chi connectivity index (χ1v) is 2.80. The topological polar surface area (TPSA) is 24.8 Å². The van der Waals surface area contributed by atoms with Gasteiger partial charge < -0.3 is 4.84 Å². The molecule has 0 spiro atoms. The highest BCUT2D eigenvalue weighted by Gasteiger charge is 2.14. The average Bonchev–Trinajstić information content (AvgIpc) is 2.33. The van der Waals surface area contributed by atoms with Crippen LogP contribution in [0.2, 0.25) is 0 Å². The molecule has 2 aliphatic heterocycles. The number of hydroxylamine groups is 2. The molecule has 0 aromatic rings. The van der Waals surface area contributed by atoms with E-state index in [9.17, 15) is 0 Å². The Hall–Kier alpha value is -1.25. The van der Waals surface area contributed by atoms with Gasteiger partial charge in [0, 0.05) is 12.3 Å². The minimum Gasteiger partial charge on any atom is -0.385 e. The fraction of sp³-hybridized carbons (Fsp3) is 0.167. The van der Waals surface area contributed by atoms with E-state index in [4.69, 9.17) is 4.84 Å². The number of nitrogens with zero attached hydrogens (tertiary/aromatic N) is 2. The predicted octanol–water partition coefficient (Wildman–Crippen LogP) is 0.673. The van der Waals surface area contributed by atoms with E-state index in [1.807, 2.05) is 12.2 Å². The summed E-state index contributed by atoms with van der Waals surface area (Å²) in [6.45, 7) is 0.797. The van der Waals surface area contributed by atoms with Crippen molar-refractivity contribution < 1.29 is 4.84 Å². The zero-order chi connectivity index (χ0) is 6.10. The van der Waals surface area contributed by atoms with Crippen LogP contribution in [0, 0.1) is 0 Å². The molecule has 0 radical (unpaired) electrons. The van der Waals surface area contributed by atoms with Gasteiger partial charge in [-0.3, -0.25) is 0 Å². The van der Waals surface area contributed by atoms with Gasteiger partial charge in [0.15, 0.2) is 5.84 Å². The second-order valence-electron chi connectivity index (χ2n) is 1.84. The first kappa shape index (κ1) is 4.61. The zero-order valence-corrected chi connectivity index (χ0v) is 4.82. The number of fused-ring (bicyclic) bond motifs is 1. The molecule has 0 atom stereocenters. The fourth-order valence-electron chi connectivity index (χ4n) is 0.818. The van der Waals surface area contributed by atoms with Crippen LogP contribution in [-0.2, 0) is 4.84 Å². The summed E-state index contributed by atoms with van der Waals surface area (Å²) in [6, 6.07) is 0. The van der Waals surface area contributed by atoms with E-state index < -0.39 is 0 Å². The highest BCUT2D eigenvalue weighted by Crippen LogP contribution is 2.08. The maximum absolute atomic E-state index is 5.03. The monoisotopic (exact) mass is 122 g/mol. The number of hydrogen-bond acceptors (Lipinski definition) is 3. The summed E-state index contributed by atoms with van der Waals surface area (Å²) < 4.78 is 0. The third-order valence-corrected chi connectivity index (χ3v) is 1.24. The van der Waals surface area contributed by atoms with E-state index in [0.29, 0.717) is 0 Å². The van der Waals surface area contributed by atoms with Crippen LogP contribution < -0.4 is 0 Å². The van der Waals surface area contributed by atoms with Crippen molar-refractivity contribution in [2.24, 2.45) is 4.99 Å². The summed E-state index contributed by atoms with van der Waals surface area (Å²) in [7, 11) is 0. The van der Waals surface area contributed by atoms with Crippen LogP contribution in [0.15, 0.2) is 29.6 Å². The normalized spacial score (nSPS) is 21.3. The van der Waals surface area contributed by atoms with Gasteiger partial charge in [-0.25, -0.2) is 4.99 Å². The second-order valence-corrected chi connectivity index (χ2v) is 1.84. The Labute approximate surface area is 52.9 Å². The lowest BCUT2D eigenvalue weighted by molar-refractivity contribution is -0.0101. The van der Waals surface area contributed by atoms with Gasteiger partial charge >= 0.3 is 0 Å². The molecule has 0 fully saturated rings. The molecule has 0 aliphatic carbocycles. The molecule has 3 heteroatoms. The van der Waals surface area contributed by atoms with E-state index in [0.717, 1.165) is 12.4 Å². The van der Waals surface area contributed by atoms with Crippen LogP contribution in [0.4, 0.5) is 0 Å². The molecule has 3 nitrogen and oxygen atoms in total. The molecule has 0 amide bonds. The summed E-state index contributed by atoms with van der Waals surface area (Å²) in [6.07, 6.45) is 7.19. The van der Waals surface area contributed by atoms with Crippen molar-refractivity contribution in [2.45, 2.75) is 0 Å². The third-order valence-electron chi connectivity index (χ3n) is 1.24. The van der Waals surface area contributed by atoms with Crippen LogP contribution in [-0.4, -0.2) is 17.4 Å². The number of amidine groups is 1. The summed E-state index contributed by atoms with van der Waals surface area (Å²) in [5.41, 5.74) is 0. The summed E-state index contributed by atoms with van der Waals surface area (Å²) >= 11 is 0. The van der Waals surface area contributed by atoms with Gasteiger partial charge in [-0.15, -0.1) is 0 Å². The molecular weight excluding hydrogens is 116 g/mol. The summed E-state index contributed by atoms with van der Waals surface area (Å²) in [4.78, 5) is 9.07. The molecular formula is C6H6N2O. The average molecular weight is 122 g/mol. The molecule has 0 bridgehead atoms. The van der Waals surface area contributed by atoms with E-state index in [1.54, 1.807) is 17.5 Å². The SMILES string of the molecule is C1=CN=C2C=CON2C1. The minimum absolute atomic E-state index is 0.797.